The molecule has 1 amide bonds. The Hall–Kier alpha value is -9.10. The molecule has 10 heterocycles. The van der Waals surface area contributed by atoms with E-state index in [2.05, 4.69) is 73.6 Å². The second-order valence-corrected chi connectivity index (χ2v) is 21.3. The number of aromatic nitrogens is 14. The number of aryl methyl sites for hydroxylation is 2. The number of methoxy groups -OCH3 is 1. The fourth-order valence-corrected chi connectivity index (χ4v) is 11.2. The van der Waals surface area contributed by atoms with Gasteiger partial charge in [0.1, 0.15) is 33.7 Å². The van der Waals surface area contributed by atoms with Gasteiger partial charge in [0.15, 0.2) is 22.3 Å². The summed E-state index contributed by atoms with van der Waals surface area (Å²) in [4.78, 5) is 113. The van der Waals surface area contributed by atoms with Gasteiger partial charge in [0, 0.05) is 86.9 Å². The Morgan fingerprint density at radius 3 is 1.50 bits per heavy atom. The van der Waals surface area contributed by atoms with Crippen LogP contribution >= 0.6 is 22.7 Å². The number of hydrogen-bond acceptors (Lipinski definition) is 20. The minimum Gasteiger partial charge on any atom is -0.467 e. The summed E-state index contributed by atoms with van der Waals surface area (Å²) in [5.41, 5.74) is 5.45. The Bertz CT molecular complexity index is 4170. The van der Waals surface area contributed by atoms with Crippen LogP contribution in [0.3, 0.4) is 0 Å². The molecule has 2 aliphatic carbocycles. The molecule has 82 heavy (non-hydrogen) atoms. The predicted octanol–water partition coefficient (Wildman–Crippen LogP) is 3.27. The van der Waals surface area contributed by atoms with Crippen molar-refractivity contribution in [3.8, 4) is 44.8 Å². The third-order valence-electron chi connectivity index (χ3n) is 14.7. The van der Waals surface area contributed by atoms with Crippen LogP contribution in [-0.4, -0.2) is 124 Å². The number of amides is 1. The average Bonchev–Trinajstić information content (AvgIpc) is 4.09. The first-order valence-corrected chi connectivity index (χ1v) is 26.9. The summed E-state index contributed by atoms with van der Waals surface area (Å²) < 4.78 is 65.2. The standard InChI is InChI=1S/C25H23F2N9O3S.C14H16N4O4.C12H11F2N5S/c1-4-5-6-35-22(38)18-19(33(3)24(35)39)30-12-36(18)13(2)20(37)31-17-11-40-21(32-17)14-7-28-23(29-8-14)34-9-15-16(10-34)25(15,26)27;1-5-6-7-17-12(19)10-11(16(3)14(17)21)15-8-18(10)9(2)13(20)22-4;13-12(14)7-3-19(4-8(7)12)11-16-1-6(2-17-11)10-18-9(15)5-20-10/h7-8,11-13,15-16H,6,9-10H2,1-3H3,(H,31,37);8-9H,7H2,1-4H3;1-2,5,7-8H,3-4,15H2/t13-,15?,16?;9-;/m00./s1. The number of piperidine rings is 2. The fraction of sp³-hybridized carbons (Fsp3) is 0.412. The number of carbonyl (C=O) groups excluding carboxylic acids is 2. The van der Waals surface area contributed by atoms with Crippen molar-refractivity contribution in [2.75, 3.05) is 54.1 Å². The summed E-state index contributed by atoms with van der Waals surface area (Å²) in [5.74, 6) is 4.11. The highest BCUT2D eigenvalue weighted by Crippen LogP contribution is 2.60. The van der Waals surface area contributed by atoms with Crippen LogP contribution in [0.4, 0.5) is 41.1 Å². The van der Waals surface area contributed by atoms with Gasteiger partial charge in [0.2, 0.25) is 17.8 Å². The zero-order valence-electron chi connectivity index (χ0n) is 44.7. The highest BCUT2D eigenvalue weighted by Gasteiger charge is 2.72. The number of nitrogens with zero attached hydrogens (tertiary/aromatic N) is 16. The maximum absolute atomic E-state index is 13.5. The van der Waals surface area contributed by atoms with Crippen LogP contribution in [0.5, 0.6) is 0 Å². The van der Waals surface area contributed by atoms with Crippen molar-refractivity contribution in [1.29, 1.82) is 0 Å². The number of alkyl halides is 4. The van der Waals surface area contributed by atoms with E-state index < -0.39 is 82.0 Å². The first-order chi connectivity index (χ1) is 39.1. The van der Waals surface area contributed by atoms with E-state index in [1.165, 1.54) is 74.8 Å². The number of rotatable bonds is 11. The van der Waals surface area contributed by atoms with Crippen LogP contribution < -0.4 is 43.3 Å². The highest BCUT2D eigenvalue weighted by molar-refractivity contribution is 7.13. The molecule has 25 nitrogen and oxygen atoms in total. The number of nitrogen functional groups attached to an aromatic ring is 1. The largest absolute Gasteiger partial charge is 0.467 e. The van der Waals surface area contributed by atoms with Gasteiger partial charge in [0.05, 0.1) is 56.5 Å². The molecule has 4 aliphatic rings. The van der Waals surface area contributed by atoms with Crippen molar-refractivity contribution in [3.63, 3.8) is 0 Å². The smallest absolute Gasteiger partial charge is 0.333 e. The number of nitrogens with one attached hydrogen (secondary N) is 1. The molecule has 2 saturated heterocycles. The van der Waals surface area contributed by atoms with Gasteiger partial charge >= 0.3 is 17.3 Å². The topological polar surface area (TPSA) is 289 Å². The van der Waals surface area contributed by atoms with E-state index in [1.807, 2.05) is 4.90 Å². The molecular weight excluding hydrogens is 1120 g/mol. The molecule has 4 unspecified atom stereocenters. The van der Waals surface area contributed by atoms with Crippen molar-refractivity contribution in [3.05, 3.63) is 89.9 Å². The summed E-state index contributed by atoms with van der Waals surface area (Å²) in [6.45, 7) is 7.49. The lowest BCUT2D eigenvalue weighted by molar-refractivity contribution is -0.143. The molecular formula is C51H50F4N18O7S2. The third-order valence-corrected chi connectivity index (χ3v) is 16.5. The second kappa shape index (κ2) is 21.8. The van der Waals surface area contributed by atoms with Gasteiger partial charge in [0.25, 0.3) is 23.0 Å². The maximum atomic E-state index is 13.5. The molecule has 12 rings (SSSR count). The van der Waals surface area contributed by atoms with Gasteiger partial charge in [-0.2, -0.15) is 0 Å². The summed E-state index contributed by atoms with van der Waals surface area (Å²) in [7, 11) is 4.28. The normalized spacial score (nSPS) is 19.3. The molecule has 2 aliphatic heterocycles. The third kappa shape index (κ3) is 10.1. The van der Waals surface area contributed by atoms with Crippen molar-refractivity contribution in [2.45, 2.75) is 64.7 Å². The van der Waals surface area contributed by atoms with Crippen molar-refractivity contribution < 1.29 is 31.9 Å². The highest BCUT2D eigenvalue weighted by atomic mass is 32.1. The van der Waals surface area contributed by atoms with E-state index in [4.69, 9.17) is 5.73 Å². The van der Waals surface area contributed by atoms with E-state index in [0.29, 0.717) is 47.2 Å². The van der Waals surface area contributed by atoms with Crippen LogP contribution in [0, 0.1) is 47.4 Å². The van der Waals surface area contributed by atoms with Crippen molar-refractivity contribution in [1.82, 2.24) is 67.3 Å². The predicted molar refractivity (Wildman–Crippen MR) is 294 cm³/mol. The number of halogens is 4. The Kier molecular flexibility index (Phi) is 14.9. The van der Waals surface area contributed by atoms with E-state index in [1.54, 1.807) is 68.1 Å². The van der Waals surface area contributed by atoms with E-state index in [9.17, 15) is 46.3 Å². The first kappa shape index (κ1) is 56.2. The summed E-state index contributed by atoms with van der Waals surface area (Å²) in [5, 5.41) is 7.47. The molecule has 0 aromatic carbocycles. The average molecular weight is 1170 g/mol. The molecule has 426 valence electrons. The number of esters is 1. The number of thiazole rings is 2. The van der Waals surface area contributed by atoms with E-state index in [-0.39, 0.29) is 48.5 Å². The Morgan fingerprint density at radius 2 is 1.10 bits per heavy atom. The molecule has 31 heteroatoms. The van der Waals surface area contributed by atoms with Crippen LogP contribution in [-0.2, 0) is 41.5 Å². The Morgan fingerprint density at radius 1 is 0.683 bits per heavy atom. The number of hydrogen-bond donors (Lipinski definition) is 2. The zero-order chi connectivity index (χ0) is 58.7. The summed E-state index contributed by atoms with van der Waals surface area (Å²) in [6.07, 6.45) is 9.16. The lowest BCUT2D eigenvalue weighted by atomic mass is 10.3. The molecule has 0 radical (unpaired) electrons. The van der Waals surface area contributed by atoms with Gasteiger partial charge in [-0.25, -0.2) is 81.0 Å². The zero-order valence-corrected chi connectivity index (χ0v) is 46.4. The van der Waals surface area contributed by atoms with Gasteiger partial charge in [-0.05, 0) is 27.7 Å². The van der Waals surface area contributed by atoms with Crippen LogP contribution in [0.25, 0.3) is 43.5 Å². The Labute approximate surface area is 469 Å². The minimum absolute atomic E-state index is 0.0181. The van der Waals surface area contributed by atoms with Crippen LogP contribution in [0.2, 0.25) is 0 Å². The number of nitrogens with two attached hydrogens (primary N) is 1. The molecule has 6 atom stereocenters. The SMILES string of the molecule is CC#CCn1c(=O)c2c(ncn2[C@@H](C)C(=O)Nc2csc(-c3cnc(N4CC5C(C4)C5(F)F)nc3)n2)n(C)c1=O.CC#CCn1c(=O)c2c(ncn2[C@@H](C)C(=O)OC)n(C)c1=O.Nc1csc(-c2cnc(N3CC4C(C3)C4(F)F)nc2)n1. The minimum atomic E-state index is -2.57. The molecule has 0 spiro atoms. The molecule has 2 saturated carbocycles. The molecule has 4 fully saturated rings. The number of anilines is 4. The number of imidazole rings is 2. The molecule has 3 N–H and O–H groups in total. The number of ether oxygens (including phenoxy) is 1. The molecule has 8 aromatic rings. The van der Waals surface area contributed by atoms with E-state index >= 15 is 0 Å². The first-order valence-electron chi connectivity index (χ1n) is 25.2. The van der Waals surface area contributed by atoms with E-state index in [0.717, 1.165) is 19.7 Å². The van der Waals surface area contributed by atoms with Gasteiger partial charge in [-0.1, -0.05) is 11.8 Å². The van der Waals surface area contributed by atoms with Crippen molar-refractivity contribution in [2.24, 2.45) is 37.8 Å². The van der Waals surface area contributed by atoms with Gasteiger partial charge in [-0.15, -0.1) is 34.5 Å². The second-order valence-electron chi connectivity index (χ2n) is 19.6. The van der Waals surface area contributed by atoms with Crippen molar-refractivity contribution >= 4 is 80.4 Å². The lowest BCUT2D eigenvalue weighted by Crippen LogP contribution is -2.40. The molecule has 0 bridgehead atoms. The molecule has 8 aromatic heterocycles. The quantitative estimate of drug-likeness (QED) is 0.107. The van der Waals surface area contributed by atoms with Crippen LogP contribution in [0.15, 0.2) is 67.4 Å². The number of carbonyl (C=O) groups is 2. The monoisotopic (exact) mass is 1170 g/mol. The maximum Gasteiger partial charge on any atom is 0.333 e. The van der Waals surface area contributed by atoms with Gasteiger partial charge < -0.3 is 34.7 Å². The number of fused-ring (bicyclic) bond motifs is 4. The fourth-order valence-electron chi connectivity index (χ4n) is 9.82. The van der Waals surface area contributed by atoms with Crippen LogP contribution in [0.1, 0.15) is 39.8 Å². The Balaban J connectivity index is 0.000000151. The lowest BCUT2D eigenvalue weighted by Gasteiger charge is -2.19. The van der Waals surface area contributed by atoms with Gasteiger partial charge in [-0.3, -0.25) is 23.5 Å². The summed E-state index contributed by atoms with van der Waals surface area (Å²) >= 11 is 2.69. The summed E-state index contributed by atoms with van der Waals surface area (Å²) in [6, 6.07) is -1.58.